The van der Waals surface area contributed by atoms with Crippen LogP contribution in [0.15, 0.2) is 18.3 Å². The first-order chi connectivity index (χ1) is 10.3. The predicted molar refractivity (Wildman–Crippen MR) is 83.3 cm³/mol. The Morgan fingerprint density at radius 1 is 1.43 bits per heavy atom. The van der Waals surface area contributed by atoms with Crippen LogP contribution in [0.4, 0.5) is 0 Å². The van der Waals surface area contributed by atoms with Crippen molar-refractivity contribution in [1.82, 2.24) is 19.4 Å². The Balaban J connectivity index is 1.96. The minimum Gasteiger partial charge on any atom is -0.396 e. The van der Waals surface area contributed by atoms with Gasteiger partial charge in [-0.2, -0.15) is 0 Å². The summed E-state index contributed by atoms with van der Waals surface area (Å²) < 4.78 is 2.22. The van der Waals surface area contributed by atoms with E-state index in [0.29, 0.717) is 5.92 Å². The number of pyridine rings is 1. The number of rotatable bonds is 5. The molecule has 3 rings (SSSR count). The molecule has 114 valence electrons. The number of piperidine rings is 1. The second-order valence-corrected chi connectivity index (χ2v) is 5.78. The molecule has 1 aliphatic rings. The van der Waals surface area contributed by atoms with Crippen molar-refractivity contribution in [3.63, 3.8) is 0 Å². The highest BCUT2D eigenvalue weighted by Crippen LogP contribution is 2.28. The maximum atomic E-state index is 9.16. The van der Waals surface area contributed by atoms with Crippen molar-refractivity contribution in [2.75, 3.05) is 26.2 Å². The topological polar surface area (TPSA) is 54.2 Å². The van der Waals surface area contributed by atoms with Crippen molar-refractivity contribution in [3.8, 4) is 0 Å². The summed E-state index contributed by atoms with van der Waals surface area (Å²) in [5.74, 6) is 1.63. The molecular formula is C16H24N4O. The van der Waals surface area contributed by atoms with E-state index >= 15 is 0 Å². The maximum absolute atomic E-state index is 9.16. The van der Waals surface area contributed by atoms with Crippen LogP contribution in [-0.4, -0.2) is 50.8 Å². The highest BCUT2D eigenvalue weighted by atomic mass is 16.3. The molecule has 5 heteroatoms. The summed E-state index contributed by atoms with van der Waals surface area (Å²) in [6, 6.07) is 3.97. The number of aliphatic hydroxyl groups excluding tert-OH is 1. The van der Waals surface area contributed by atoms with Crippen LogP contribution in [-0.2, 0) is 6.54 Å². The van der Waals surface area contributed by atoms with Gasteiger partial charge in [0.25, 0.3) is 0 Å². The number of aliphatic hydroxyl groups is 1. The van der Waals surface area contributed by atoms with Gasteiger partial charge >= 0.3 is 0 Å². The van der Waals surface area contributed by atoms with E-state index in [1.54, 1.807) is 0 Å². The fourth-order valence-electron chi connectivity index (χ4n) is 3.29. The van der Waals surface area contributed by atoms with Crippen LogP contribution < -0.4 is 0 Å². The number of hydrogen-bond acceptors (Lipinski definition) is 4. The van der Waals surface area contributed by atoms with Crippen molar-refractivity contribution in [3.05, 3.63) is 24.2 Å². The van der Waals surface area contributed by atoms with Gasteiger partial charge in [0, 0.05) is 31.8 Å². The molecule has 0 aliphatic carbocycles. The quantitative estimate of drug-likeness (QED) is 0.914. The summed E-state index contributed by atoms with van der Waals surface area (Å²) in [7, 11) is 0. The molecule has 0 bridgehead atoms. The first kappa shape index (κ1) is 14.5. The second-order valence-electron chi connectivity index (χ2n) is 5.78. The lowest BCUT2D eigenvalue weighted by atomic mass is 9.97. The monoisotopic (exact) mass is 288 g/mol. The zero-order valence-corrected chi connectivity index (χ0v) is 12.7. The van der Waals surface area contributed by atoms with E-state index in [9.17, 15) is 0 Å². The number of aromatic nitrogens is 3. The van der Waals surface area contributed by atoms with Crippen LogP contribution in [0.3, 0.4) is 0 Å². The number of likely N-dealkylation sites (N-methyl/N-ethyl adjacent to an activating group) is 1. The molecule has 1 atom stereocenters. The standard InChI is InChI=1S/C16H24N4O/c1-2-19-9-4-6-13(12-19)15-18-14-7-3-8-17-16(14)20(15)10-5-11-21/h3,7-8,13,21H,2,4-6,9-12H2,1H3. The Bertz CT molecular complexity index is 595. The van der Waals surface area contributed by atoms with Crippen LogP contribution in [0.1, 0.15) is 37.9 Å². The minimum atomic E-state index is 0.206. The zero-order valence-electron chi connectivity index (χ0n) is 12.7. The van der Waals surface area contributed by atoms with E-state index in [0.717, 1.165) is 43.0 Å². The molecule has 3 heterocycles. The molecule has 1 aliphatic heterocycles. The number of imidazole rings is 1. The fraction of sp³-hybridized carbons (Fsp3) is 0.625. The fourth-order valence-corrected chi connectivity index (χ4v) is 3.29. The number of nitrogens with zero attached hydrogens (tertiary/aromatic N) is 4. The maximum Gasteiger partial charge on any atom is 0.159 e. The highest BCUT2D eigenvalue weighted by Gasteiger charge is 2.25. The molecule has 1 N–H and O–H groups in total. The summed E-state index contributed by atoms with van der Waals surface area (Å²) in [4.78, 5) is 11.8. The molecule has 0 aromatic carbocycles. The minimum absolute atomic E-state index is 0.206. The molecule has 1 fully saturated rings. The zero-order chi connectivity index (χ0) is 14.7. The van der Waals surface area contributed by atoms with E-state index in [-0.39, 0.29) is 6.61 Å². The molecule has 2 aromatic heterocycles. The van der Waals surface area contributed by atoms with Gasteiger partial charge in [0.05, 0.1) is 0 Å². The summed E-state index contributed by atoms with van der Waals surface area (Å²) in [6.45, 7) is 6.60. The van der Waals surface area contributed by atoms with Gasteiger partial charge in [0.15, 0.2) is 5.65 Å². The molecule has 0 radical (unpaired) electrons. The molecule has 1 unspecified atom stereocenters. The van der Waals surface area contributed by atoms with Crippen molar-refractivity contribution in [1.29, 1.82) is 0 Å². The van der Waals surface area contributed by atoms with Crippen LogP contribution in [0, 0.1) is 0 Å². The van der Waals surface area contributed by atoms with Crippen LogP contribution in [0.5, 0.6) is 0 Å². The summed E-state index contributed by atoms with van der Waals surface area (Å²) in [5.41, 5.74) is 1.92. The Labute approximate surface area is 125 Å². The van der Waals surface area contributed by atoms with Gasteiger partial charge in [-0.25, -0.2) is 9.97 Å². The predicted octanol–water partition coefficient (Wildman–Crippen LogP) is 2.01. The van der Waals surface area contributed by atoms with Gasteiger partial charge in [0.2, 0.25) is 0 Å². The molecule has 0 spiro atoms. The van der Waals surface area contributed by atoms with Crippen LogP contribution >= 0.6 is 0 Å². The van der Waals surface area contributed by atoms with E-state index in [1.165, 1.54) is 19.4 Å². The summed E-state index contributed by atoms with van der Waals surface area (Å²) in [5, 5.41) is 9.16. The van der Waals surface area contributed by atoms with E-state index in [1.807, 2.05) is 18.3 Å². The van der Waals surface area contributed by atoms with Crippen LogP contribution in [0.25, 0.3) is 11.2 Å². The Kier molecular flexibility index (Phi) is 4.51. The second kappa shape index (κ2) is 6.54. The molecule has 0 saturated carbocycles. The van der Waals surface area contributed by atoms with Crippen molar-refractivity contribution < 1.29 is 5.11 Å². The van der Waals surface area contributed by atoms with Gasteiger partial charge in [-0.3, -0.25) is 0 Å². The Hall–Kier alpha value is -1.46. The van der Waals surface area contributed by atoms with Gasteiger partial charge in [-0.05, 0) is 44.5 Å². The summed E-state index contributed by atoms with van der Waals surface area (Å²) >= 11 is 0. The lowest BCUT2D eigenvalue weighted by Gasteiger charge is -2.31. The molecule has 2 aromatic rings. The number of aryl methyl sites for hydroxylation is 1. The lowest BCUT2D eigenvalue weighted by Crippen LogP contribution is -2.35. The first-order valence-corrected chi connectivity index (χ1v) is 7.97. The van der Waals surface area contributed by atoms with Crippen molar-refractivity contribution in [2.24, 2.45) is 0 Å². The molecular weight excluding hydrogens is 264 g/mol. The molecule has 21 heavy (non-hydrogen) atoms. The molecule has 5 nitrogen and oxygen atoms in total. The number of likely N-dealkylation sites (tertiary alicyclic amines) is 1. The van der Waals surface area contributed by atoms with Crippen molar-refractivity contribution >= 4 is 11.2 Å². The SMILES string of the molecule is CCN1CCCC(c2nc3cccnc3n2CCCO)C1. The third-order valence-electron chi connectivity index (χ3n) is 4.39. The van der Waals surface area contributed by atoms with Gasteiger partial charge in [-0.15, -0.1) is 0 Å². The third kappa shape index (κ3) is 2.94. The smallest absolute Gasteiger partial charge is 0.159 e. The number of fused-ring (bicyclic) bond motifs is 1. The van der Waals surface area contributed by atoms with Crippen LogP contribution in [0.2, 0.25) is 0 Å². The lowest BCUT2D eigenvalue weighted by molar-refractivity contribution is 0.211. The first-order valence-electron chi connectivity index (χ1n) is 7.97. The normalized spacial score (nSPS) is 20.2. The van der Waals surface area contributed by atoms with Gasteiger partial charge in [0.1, 0.15) is 11.3 Å². The van der Waals surface area contributed by atoms with E-state index < -0.39 is 0 Å². The van der Waals surface area contributed by atoms with E-state index in [2.05, 4.69) is 21.4 Å². The summed E-state index contributed by atoms with van der Waals surface area (Å²) in [6.07, 6.45) is 5.00. The Morgan fingerprint density at radius 2 is 2.33 bits per heavy atom. The van der Waals surface area contributed by atoms with Crippen molar-refractivity contribution in [2.45, 2.75) is 38.6 Å². The highest BCUT2D eigenvalue weighted by molar-refractivity contribution is 5.71. The Morgan fingerprint density at radius 3 is 3.14 bits per heavy atom. The van der Waals surface area contributed by atoms with Gasteiger partial charge < -0.3 is 14.6 Å². The average molecular weight is 288 g/mol. The van der Waals surface area contributed by atoms with E-state index in [4.69, 9.17) is 10.1 Å². The molecule has 0 amide bonds. The van der Waals surface area contributed by atoms with Gasteiger partial charge in [-0.1, -0.05) is 6.92 Å². The molecule has 1 saturated heterocycles. The third-order valence-corrected chi connectivity index (χ3v) is 4.39. The largest absolute Gasteiger partial charge is 0.396 e. The average Bonchev–Trinajstić information content (AvgIpc) is 2.91. The number of hydrogen-bond donors (Lipinski definition) is 1.